The molecule has 3 aromatic heterocycles. The number of benzene rings is 1. The van der Waals surface area contributed by atoms with Crippen LogP contribution in [0.5, 0.6) is 0 Å². The maximum absolute atomic E-state index is 14.3. The van der Waals surface area contributed by atoms with Crippen LogP contribution in [0.1, 0.15) is 107 Å². The van der Waals surface area contributed by atoms with E-state index in [4.69, 9.17) is 0 Å². The number of fused-ring (bicyclic) bond motifs is 1. The Bertz CT molecular complexity index is 1950. The van der Waals surface area contributed by atoms with Gasteiger partial charge in [0.25, 0.3) is 0 Å². The van der Waals surface area contributed by atoms with Crippen molar-refractivity contribution in [2.24, 2.45) is 10.8 Å². The van der Waals surface area contributed by atoms with Crippen LogP contribution in [0.15, 0.2) is 36.8 Å². The lowest BCUT2D eigenvalue weighted by atomic mass is 9.80. The van der Waals surface area contributed by atoms with Crippen molar-refractivity contribution in [3.05, 3.63) is 53.6 Å². The van der Waals surface area contributed by atoms with E-state index in [1.54, 1.807) is 11.4 Å². The first-order valence-corrected chi connectivity index (χ1v) is 17.2. The number of ketones is 3. The minimum Gasteiger partial charge on any atom is -0.337 e. The molecule has 0 N–H and O–H groups in total. The monoisotopic (exact) mass is 635 g/mol. The molecule has 4 aromatic rings. The van der Waals surface area contributed by atoms with Gasteiger partial charge in [0, 0.05) is 66.5 Å². The number of carbonyl (C=O) groups excluding carboxylic acids is 4. The maximum atomic E-state index is 14.3. The van der Waals surface area contributed by atoms with E-state index in [9.17, 15) is 19.2 Å². The van der Waals surface area contributed by atoms with Gasteiger partial charge in [0.2, 0.25) is 5.91 Å². The van der Waals surface area contributed by atoms with E-state index in [1.165, 1.54) is 0 Å². The van der Waals surface area contributed by atoms with E-state index in [0.29, 0.717) is 31.2 Å². The van der Waals surface area contributed by atoms with Crippen molar-refractivity contribution in [2.45, 2.75) is 117 Å². The lowest BCUT2D eigenvalue weighted by Crippen LogP contribution is -2.44. The van der Waals surface area contributed by atoms with Crippen LogP contribution in [-0.2, 0) is 27.3 Å². The second kappa shape index (κ2) is 11.5. The molecule has 0 radical (unpaired) electrons. The predicted octanol–water partition coefficient (Wildman–Crippen LogP) is 6.69. The third kappa shape index (κ3) is 5.72. The van der Waals surface area contributed by atoms with Crippen molar-refractivity contribution < 1.29 is 19.2 Å². The van der Waals surface area contributed by atoms with Crippen LogP contribution in [0.3, 0.4) is 0 Å². The molecule has 47 heavy (non-hydrogen) atoms. The Balaban J connectivity index is 1.34. The largest absolute Gasteiger partial charge is 0.337 e. The standard InChI is InChI=1S/C38H45N5O4/c1-6-32(46)31-17-38-12-10-28(45)16-37(4,5)11-8-7-9-25-14-26(27-19-39-34-13-23(2)40-42(34)20-27)15-29-30(24(3)44)21-41(36(25)29)22-35(47)43(31)33(38)18-38/h13-15,19-21,31,33H,6-12,16-18,22H2,1-5H3/t31-,33+,38-/m0/s1. The van der Waals surface area contributed by atoms with Crippen LogP contribution < -0.4 is 0 Å². The van der Waals surface area contributed by atoms with Crippen LogP contribution in [-0.4, -0.2) is 59.4 Å². The quantitative estimate of drug-likeness (QED) is 0.231. The number of aryl methyl sites for hydroxylation is 2. The number of piperidine rings is 1. The number of rotatable bonds is 4. The van der Waals surface area contributed by atoms with E-state index in [1.807, 2.05) is 54.0 Å². The summed E-state index contributed by atoms with van der Waals surface area (Å²) in [6, 6.07) is 5.67. The Labute approximate surface area is 275 Å². The first-order valence-electron chi connectivity index (χ1n) is 17.2. The summed E-state index contributed by atoms with van der Waals surface area (Å²) in [6.45, 7) is 9.80. The molecule has 2 fully saturated rings. The number of nitrogens with zero attached hydrogens (tertiary/aromatic N) is 5. The summed E-state index contributed by atoms with van der Waals surface area (Å²) in [4.78, 5) is 60.3. The average molecular weight is 636 g/mol. The van der Waals surface area contributed by atoms with Crippen molar-refractivity contribution in [1.29, 1.82) is 0 Å². The fourth-order valence-corrected chi connectivity index (χ4v) is 8.54. The minimum atomic E-state index is -0.454. The van der Waals surface area contributed by atoms with Gasteiger partial charge in [-0.25, -0.2) is 9.50 Å². The van der Waals surface area contributed by atoms with Gasteiger partial charge in [0.05, 0.1) is 17.3 Å². The second-order valence-corrected chi connectivity index (χ2v) is 15.2. The molecular formula is C38H45N5O4. The summed E-state index contributed by atoms with van der Waals surface area (Å²) in [6.07, 6.45) is 12.8. The predicted molar refractivity (Wildman–Crippen MR) is 180 cm³/mol. The molecule has 2 bridgehead atoms. The van der Waals surface area contributed by atoms with Gasteiger partial charge in [-0.2, -0.15) is 5.10 Å². The summed E-state index contributed by atoms with van der Waals surface area (Å²) >= 11 is 0. The number of hydrogen-bond donors (Lipinski definition) is 0. The molecular weight excluding hydrogens is 590 g/mol. The van der Waals surface area contributed by atoms with Crippen molar-refractivity contribution in [1.82, 2.24) is 24.1 Å². The lowest BCUT2D eigenvalue weighted by molar-refractivity contribution is -0.139. The number of carbonyl (C=O) groups is 4. The zero-order valence-corrected chi connectivity index (χ0v) is 28.3. The van der Waals surface area contributed by atoms with Crippen LogP contribution in [0.4, 0.5) is 0 Å². The lowest BCUT2D eigenvalue weighted by Gasteiger charge is -2.27. The van der Waals surface area contributed by atoms with Crippen molar-refractivity contribution in [3.63, 3.8) is 0 Å². The van der Waals surface area contributed by atoms with Gasteiger partial charge in [0.1, 0.15) is 12.3 Å². The first kappa shape index (κ1) is 31.5. The molecule has 1 aliphatic carbocycles. The fraction of sp³-hybridized carbons (Fsp3) is 0.526. The zero-order chi connectivity index (χ0) is 33.2. The zero-order valence-electron chi connectivity index (χ0n) is 28.3. The van der Waals surface area contributed by atoms with Crippen LogP contribution in [0, 0.1) is 17.8 Å². The van der Waals surface area contributed by atoms with Crippen molar-refractivity contribution >= 4 is 39.8 Å². The second-order valence-electron chi connectivity index (χ2n) is 15.2. The maximum Gasteiger partial charge on any atom is 0.243 e. The molecule has 9 nitrogen and oxygen atoms in total. The third-order valence-corrected chi connectivity index (χ3v) is 11.1. The Morgan fingerprint density at radius 2 is 1.81 bits per heavy atom. The van der Waals surface area contributed by atoms with Crippen LogP contribution in [0.2, 0.25) is 0 Å². The molecule has 9 heteroatoms. The molecule has 2 aliphatic heterocycles. The van der Waals surface area contributed by atoms with Gasteiger partial charge in [0.15, 0.2) is 17.2 Å². The molecule has 7 rings (SSSR count). The summed E-state index contributed by atoms with van der Waals surface area (Å²) in [5.74, 6) is 0.207. The summed E-state index contributed by atoms with van der Waals surface area (Å²) in [5.41, 5.74) is 5.78. The highest BCUT2D eigenvalue weighted by Crippen LogP contribution is 2.62. The minimum absolute atomic E-state index is 0.0134. The molecule has 5 heterocycles. The number of aromatic nitrogens is 4. The topological polar surface area (TPSA) is 107 Å². The first-order chi connectivity index (χ1) is 22.4. The number of hydrogen-bond acceptors (Lipinski definition) is 6. The molecule has 1 amide bonds. The summed E-state index contributed by atoms with van der Waals surface area (Å²) < 4.78 is 3.73. The van der Waals surface area contributed by atoms with Crippen LogP contribution >= 0.6 is 0 Å². The highest BCUT2D eigenvalue weighted by molar-refractivity contribution is 6.09. The van der Waals surface area contributed by atoms with Crippen molar-refractivity contribution in [3.8, 4) is 11.1 Å². The molecule has 246 valence electrons. The van der Waals surface area contributed by atoms with E-state index >= 15 is 0 Å². The molecule has 1 aromatic carbocycles. The highest BCUT2D eigenvalue weighted by atomic mass is 16.2. The summed E-state index contributed by atoms with van der Waals surface area (Å²) in [7, 11) is 0. The molecule has 3 atom stereocenters. The summed E-state index contributed by atoms with van der Waals surface area (Å²) in [5, 5.41) is 5.38. The van der Waals surface area contributed by atoms with E-state index in [2.05, 4.69) is 30.0 Å². The Kier molecular flexibility index (Phi) is 7.72. The van der Waals surface area contributed by atoms with E-state index in [0.717, 1.165) is 77.5 Å². The smallest absolute Gasteiger partial charge is 0.243 e. The fourth-order valence-electron chi connectivity index (χ4n) is 8.54. The molecule has 1 saturated carbocycles. The number of amides is 1. The number of Topliss-reactive ketones (excluding diaryl/α,β-unsaturated/α-hetero) is 3. The van der Waals surface area contributed by atoms with Gasteiger partial charge >= 0.3 is 0 Å². The van der Waals surface area contributed by atoms with Gasteiger partial charge in [-0.15, -0.1) is 0 Å². The SMILES string of the molecule is CCC(=O)[C@@H]1C[C@]23CCC(=O)CC(C)(C)CCCCc4cc(-c5cnc6cc(C)nn6c5)cc5c(C(C)=O)cn(c45)CC(=O)N1[C@@H]2C3. The van der Waals surface area contributed by atoms with Gasteiger partial charge < -0.3 is 9.47 Å². The van der Waals surface area contributed by atoms with Crippen molar-refractivity contribution in [2.75, 3.05) is 0 Å². The van der Waals surface area contributed by atoms with Crippen LogP contribution in [0.25, 0.3) is 27.7 Å². The van der Waals surface area contributed by atoms with Gasteiger partial charge in [-0.3, -0.25) is 19.2 Å². The normalized spacial score (nSPS) is 24.8. The molecule has 0 unspecified atom stereocenters. The Morgan fingerprint density at radius 1 is 1.00 bits per heavy atom. The van der Waals surface area contributed by atoms with E-state index in [-0.39, 0.29) is 46.7 Å². The molecule has 1 saturated heterocycles. The van der Waals surface area contributed by atoms with Gasteiger partial charge in [-0.1, -0.05) is 27.2 Å². The third-order valence-electron chi connectivity index (χ3n) is 11.1. The Hall–Kier alpha value is -4.14. The van der Waals surface area contributed by atoms with E-state index < -0.39 is 6.04 Å². The Morgan fingerprint density at radius 3 is 2.57 bits per heavy atom. The molecule has 3 aliphatic rings. The van der Waals surface area contributed by atoms with Gasteiger partial charge in [-0.05, 0) is 86.5 Å². The highest BCUT2D eigenvalue weighted by Gasteiger charge is 2.66. The molecule has 0 spiro atoms. The average Bonchev–Trinajstić information content (AvgIpc) is 3.26.